The molecule has 0 saturated carbocycles. The van der Waals surface area contributed by atoms with Crippen LogP contribution >= 0.6 is 27.5 Å². The second-order valence-corrected chi connectivity index (χ2v) is 5.43. The van der Waals surface area contributed by atoms with Gasteiger partial charge in [-0.15, -0.1) is 6.58 Å². The minimum absolute atomic E-state index is 0.459. The standard InChI is InChI=1S/C14H18BrClO/c1-2-3-4-5-6-7-14(17)12-9-8-11(15)10-13(12)16/h2,8-10,14,17H,1,3-7H2. The number of rotatable bonds is 7. The van der Waals surface area contributed by atoms with Gasteiger partial charge in [-0.25, -0.2) is 0 Å². The Balaban J connectivity index is 2.41. The fraction of sp³-hybridized carbons (Fsp3) is 0.429. The van der Waals surface area contributed by atoms with Gasteiger partial charge in [0.15, 0.2) is 0 Å². The van der Waals surface area contributed by atoms with Gasteiger partial charge in [0.25, 0.3) is 0 Å². The number of aliphatic hydroxyl groups excluding tert-OH is 1. The molecule has 0 amide bonds. The van der Waals surface area contributed by atoms with Crippen molar-refractivity contribution >= 4 is 27.5 Å². The molecule has 1 nitrogen and oxygen atoms in total. The zero-order valence-electron chi connectivity index (χ0n) is 9.83. The van der Waals surface area contributed by atoms with Crippen LogP contribution in [0.1, 0.15) is 43.8 Å². The summed E-state index contributed by atoms with van der Waals surface area (Å²) in [6.45, 7) is 3.69. The maximum Gasteiger partial charge on any atom is 0.0804 e. The summed E-state index contributed by atoms with van der Waals surface area (Å²) in [6, 6.07) is 5.60. The van der Waals surface area contributed by atoms with Gasteiger partial charge >= 0.3 is 0 Å². The molecule has 3 heteroatoms. The van der Waals surface area contributed by atoms with Gasteiger partial charge in [0, 0.05) is 9.50 Å². The van der Waals surface area contributed by atoms with Gasteiger partial charge in [-0.3, -0.25) is 0 Å². The average molecular weight is 318 g/mol. The fourth-order valence-corrected chi connectivity index (χ4v) is 2.53. The molecule has 1 N–H and O–H groups in total. The predicted octanol–water partition coefficient (Wildman–Crippen LogP) is 5.27. The molecule has 0 radical (unpaired) electrons. The third-order valence-electron chi connectivity index (χ3n) is 2.71. The highest BCUT2D eigenvalue weighted by Gasteiger charge is 2.11. The Hall–Kier alpha value is -0.310. The van der Waals surface area contributed by atoms with Crippen LogP contribution in [0.25, 0.3) is 0 Å². The average Bonchev–Trinajstić information content (AvgIpc) is 2.28. The molecule has 0 saturated heterocycles. The Morgan fingerprint density at radius 3 is 2.76 bits per heavy atom. The third-order valence-corrected chi connectivity index (χ3v) is 3.53. The number of hydrogen-bond donors (Lipinski definition) is 1. The molecule has 94 valence electrons. The van der Waals surface area contributed by atoms with E-state index in [-0.39, 0.29) is 0 Å². The van der Waals surface area contributed by atoms with Crippen molar-refractivity contribution < 1.29 is 5.11 Å². The molecule has 0 aromatic heterocycles. The van der Waals surface area contributed by atoms with E-state index in [1.54, 1.807) is 0 Å². The summed E-state index contributed by atoms with van der Waals surface area (Å²) in [4.78, 5) is 0. The van der Waals surface area contributed by atoms with E-state index in [0.717, 1.165) is 42.1 Å². The monoisotopic (exact) mass is 316 g/mol. The van der Waals surface area contributed by atoms with Gasteiger partial charge in [-0.05, 0) is 37.0 Å². The van der Waals surface area contributed by atoms with Crippen LogP contribution in [0.4, 0.5) is 0 Å². The lowest BCUT2D eigenvalue weighted by Gasteiger charge is -2.12. The van der Waals surface area contributed by atoms with Crippen LogP contribution in [0.2, 0.25) is 5.02 Å². The van der Waals surface area contributed by atoms with Crippen molar-refractivity contribution in [2.75, 3.05) is 0 Å². The molecule has 1 atom stereocenters. The van der Waals surface area contributed by atoms with Crippen molar-refractivity contribution in [1.29, 1.82) is 0 Å². The molecule has 0 spiro atoms. The molecule has 1 rings (SSSR count). The first-order chi connectivity index (χ1) is 8.15. The summed E-state index contributed by atoms with van der Waals surface area (Å²) in [7, 11) is 0. The van der Waals surface area contributed by atoms with E-state index in [9.17, 15) is 5.11 Å². The Morgan fingerprint density at radius 2 is 2.12 bits per heavy atom. The van der Waals surface area contributed by atoms with E-state index < -0.39 is 6.10 Å². The first-order valence-electron chi connectivity index (χ1n) is 5.89. The number of benzene rings is 1. The van der Waals surface area contributed by atoms with Crippen LogP contribution < -0.4 is 0 Å². The SMILES string of the molecule is C=CCCCCCC(O)c1ccc(Br)cc1Cl. The van der Waals surface area contributed by atoms with Crippen molar-refractivity contribution in [2.45, 2.75) is 38.2 Å². The van der Waals surface area contributed by atoms with Gasteiger partial charge in [0.1, 0.15) is 0 Å². The summed E-state index contributed by atoms with van der Waals surface area (Å²) in [5.41, 5.74) is 0.818. The molecule has 0 heterocycles. The van der Waals surface area contributed by atoms with E-state index in [1.165, 1.54) is 0 Å². The number of hydrogen-bond acceptors (Lipinski definition) is 1. The summed E-state index contributed by atoms with van der Waals surface area (Å²) in [5.74, 6) is 0. The number of halogens is 2. The van der Waals surface area contributed by atoms with Crippen molar-refractivity contribution in [3.63, 3.8) is 0 Å². The summed E-state index contributed by atoms with van der Waals surface area (Å²) in [5, 5.41) is 10.7. The quantitative estimate of drug-likeness (QED) is 0.536. The van der Waals surface area contributed by atoms with Crippen LogP contribution in [-0.4, -0.2) is 5.11 Å². The molecule has 0 aliphatic carbocycles. The first-order valence-corrected chi connectivity index (χ1v) is 7.06. The zero-order chi connectivity index (χ0) is 12.7. The Bertz CT molecular complexity index is 365. The molecule has 0 aliphatic heterocycles. The third kappa shape index (κ3) is 5.24. The minimum atomic E-state index is -0.459. The van der Waals surface area contributed by atoms with Crippen LogP contribution in [0.15, 0.2) is 35.3 Å². The second kappa shape index (κ2) is 7.91. The van der Waals surface area contributed by atoms with Crippen molar-refractivity contribution in [3.05, 3.63) is 45.9 Å². The van der Waals surface area contributed by atoms with Gasteiger partial charge in [0.2, 0.25) is 0 Å². The van der Waals surface area contributed by atoms with E-state index in [1.807, 2.05) is 24.3 Å². The van der Waals surface area contributed by atoms with Crippen molar-refractivity contribution in [3.8, 4) is 0 Å². The van der Waals surface area contributed by atoms with Gasteiger partial charge in [0.05, 0.1) is 6.10 Å². The Morgan fingerprint density at radius 1 is 1.35 bits per heavy atom. The fourth-order valence-electron chi connectivity index (χ4n) is 1.73. The molecular weight excluding hydrogens is 300 g/mol. The van der Waals surface area contributed by atoms with E-state index in [0.29, 0.717) is 5.02 Å². The smallest absolute Gasteiger partial charge is 0.0804 e. The lowest BCUT2D eigenvalue weighted by atomic mass is 10.0. The molecule has 1 unspecified atom stereocenters. The summed E-state index contributed by atoms with van der Waals surface area (Å²) in [6.07, 6.45) is 6.57. The van der Waals surface area contributed by atoms with Crippen molar-refractivity contribution in [2.24, 2.45) is 0 Å². The topological polar surface area (TPSA) is 20.2 Å². The van der Waals surface area contributed by atoms with Crippen LogP contribution in [0.5, 0.6) is 0 Å². The van der Waals surface area contributed by atoms with Gasteiger partial charge in [-0.1, -0.05) is 52.5 Å². The molecule has 0 bridgehead atoms. The highest BCUT2D eigenvalue weighted by atomic mass is 79.9. The first kappa shape index (κ1) is 14.7. The largest absolute Gasteiger partial charge is 0.388 e. The highest BCUT2D eigenvalue weighted by Crippen LogP contribution is 2.29. The maximum atomic E-state index is 10.0. The van der Waals surface area contributed by atoms with E-state index >= 15 is 0 Å². The van der Waals surface area contributed by atoms with E-state index in [4.69, 9.17) is 11.6 Å². The van der Waals surface area contributed by atoms with Gasteiger partial charge < -0.3 is 5.11 Å². The van der Waals surface area contributed by atoms with Crippen LogP contribution in [0, 0.1) is 0 Å². The maximum absolute atomic E-state index is 10.0. The zero-order valence-corrected chi connectivity index (χ0v) is 12.2. The molecular formula is C14H18BrClO. The molecule has 17 heavy (non-hydrogen) atoms. The summed E-state index contributed by atoms with van der Waals surface area (Å²) < 4.78 is 0.935. The Labute approximate surface area is 117 Å². The van der Waals surface area contributed by atoms with Crippen LogP contribution in [0.3, 0.4) is 0 Å². The molecule has 1 aromatic carbocycles. The summed E-state index contributed by atoms with van der Waals surface area (Å²) >= 11 is 9.43. The molecule has 1 aromatic rings. The minimum Gasteiger partial charge on any atom is -0.388 e. The molecule has 0 fully saturated rings. The Kier molecular flexibility index (Phi) is 6.86. The van der Waals surface area contributed by atoms with Crippen molar-refractivity contribution in [1.82, 2.24) is 0 Å². The number of unbranched alkanes of at least 4 members (excludes halogenated alkanes) is 3. The number of aliphatic hydroxyl groups is 1. The second-order valence-electron chi connectivity index (χ2n) is 4.11. The predicted molar refractivity (Wildman–Crippen MR) is 77.4 cm³/mol. The lowest BCUT2D eigenvalue weighted by molar-refractivity contribution is 0.163. The van der Waals surface area contributed by atoms with E-state index in [2.05, 4.69) is 22.5 Å². The number of allylic oxidation sites excluding steroid dienone is 1. The van der Waals surface area contributed by atoms with Crippen LogP contribution in [-0.2, 0) is 0 Å². The lowest BCUT2D eigenvalue weighted by Crippen LogP contribution is -1.98. The molecule has 0 aliphatic rings. The van der Waals surface area contributed by atoms with Gasteiger partial charge in [-0.2, -0.15) is 0 Å². The normalized spacial score (nSPS) is 12.4. The highest BCUT2D eigenvalue weighted by molar-refractivity contribution is 9.10.